The van der Waals surface area contributed by atoms with Crippen LogP contribution in [0.5, 0.6) is 5.88 Å². The summed E-state index contributed by atoms with van der Waals surface area (Å²) in [5, 5.41) is 15.1. The van der Waals surface area contributed by atoms with Gasteiger partial charge in [0.25, 0.3) is 5.62 Å². The molecule has 6 rings (SSSR count). The Balaban J connectivity index is 1.43. The maximum absolute atomic E-state index is 11.6. The number of rotatable bonds is 6. The molecule has 2 fully saturated rings. The Morgan fingerprint density at radius 3 is 2.74 bits per heavy atom. The zero-order chi connectivity index (χ0) is 23.9. The van der Waals surface area contributed by atoms with Crippen LogP contribution in [0.25, 0.3) is 11.7 Å². The zero-order valence-electron chi connectivity index (χ0n) is 19.5. The molecule has 1 aliphatic heterocycles. The molecule has 4 heterocycles. The van der Waals surface area contributed by atoms with Crippen LogP contribution < -0.4 is 26.3 Å². The third kappa shape index (κ3) is 4.25. The summed E-state index contributed by atoms with van der Waals surface area (Å²) in [7, 11) is 1.97. The molecule has 2 aliphatic rings. The van der Waals surface area contributed by atoms with Crippen molar-refractivity contribution in [1.29, 1.82) is 0 Å². The quantitative estimate of drug-likeness (QED) is 0.376. The maximum atomic E-state index is 11.6. The Morgan fingerprint density at radius 2 is 2.00 bits per heavy atom. The molecule has 0 spiro atoms. The highest BCUT2D eigenvalue weighted by Crippen LogP contribution is 2.26. The fourth-order valence-corrected chi connectivity index (χ4v) is 4.48. The van der Waals surface area contributed by atoms with Crippen LogP contribution in [0, 0.1) is 0 Å². The summed E-state index contributed by atoms with van der Waals surface area (Å²) in [6.45, 7) is 2.80. The molecule has 1 aromatic carbocycles. The molecule has 0 atom stereocenters. The van der Waals surface area contributed by atoms with Crippen LogP contribution in [0.3, 0.4) is 0 Å². The van der Waals surface area contributed by atoms with Gasteiger partial charge in [0.1, 0.15) is 5.69 Å². The van der Waals surface area contributed by atoms with Crippen LogP contribution in [0.15, 0.2) is 40.2 Å². The number of aromatic amines is 2. The highest BCUT2D eigenvalue weighted by atomic mass is 16.3. The average Bonchev–Trinajstić information content (AvgIpc) is 3.20. The number of H-pyrrole nitrogens is 2. The molecule has 1 saturated heterocycles. The molecule has 1 saturated carbocycles. The lowest BCUT2D eigenvalue weighted by molar-refractivity contribution is 0.454. The Morgan fingerprint density at radius 1 is 1.20 bits per heavy atom. The SMILES string of the molecule is CN(Cc1ccccc1N1CCCC1)c1nc(=NC2CC2)n2ncc(=Cc3[nH]c(=O)[nH]c3O)c2n1. The molecule has 35 heavy (non-hydrogen) atoms. The summed E-state index contributed by atoms with van der Waals surface area (Å²) in [4.78, 5) is 35.2. The fourth-order valence-electron chi connectivity index (χ4n) is 4.48. The molecule has 0 bridgehead atoms. The molecule has 0 radical (unpaired) electrons. The lowest BCUT2D eigenvalue weighted by Gasteiger charge is -2.24. The second-order valence-electron chi connectivity index (χ2n) is 9.18. The molecule has 11 nitrogen and oxygen atoms in total. The number of benzene rings is 1. The summed E-state index contributed by atoms with van der Waals surface area (Å²) in [5.41, 5.74) is 3.30. The fraction of sp³-hybridized carbons (Fsp3) is 0.375. The number of nitrogens with one attached hydrogen (secondary N) is 2. The minimum atomic E-state index is -0.485. The molecule has 180 valence electrons. The van der Waals surface area contributed by atoms with Gasteiger partial charge in [-0.1, -0.05) is 18.2 Å². The van der Waals surface area contributed by atoms with Gasteiger partial charge in [0, 0.05) is 37.6 Å². The summed E-state index contributed by atoms with van der Waals surface area (Å²) >= 11 is 0. The first-order chi connectivity index (χ1) is 17.0. The van der Waals surface area contributed by atoms with E-state index in [-0.39, 0.29) is 17.6 Å². The zero-order valence-corrected chi connectivity index (χ0v) is 19.5. The first-order valence-corrected chi connectivity index (χ1v) is 11.9. The normalized spacial score (nSPS) is 17.1. The van der Waals surface area contributed by atoms with Crippen molar-refractivity contribution in [3.05, 3.63) is 63.0 Å². The van der Waals surface area contributed by atoms with Crippen molar-refractivity contribution in [2.45, 2.75) is 38.3 Å². The van der Waals surface area contributed by atoms with E-state index in [1.165, 1.54) is 24.1 Å². The number of imidazole rings is 1. The molecular formula is C24H27N9O2. The van der Waals surface area contributed by atoms with Crippen molar-refractivity contribution < 1.29 is 5.11 Å². The van der Waals surface area contributed by atoms with E-state index in [0.717, 1.165) is 25.9 Å². The summed E-state index contributed by atoms with van der Waals surface area (Å²) in [6, 6.07) is 8.74. The summed E-state index contributed by atoms with van der Waals surface area (Å²) in [6.07, 6.45) is 7.79. The third-order valence-electron chi connectivity index (χ3n) is 6.43. The Labute approximate surface area is 200 Å². The van der Waals surface area contributed by atoms with Crippen LogP contribution in [0.2, 0.25) is 0 Å². The number of aromatic nitrogens is 6. The summed E-state index contributed by atoms with van der Waals surface area (Å²) in [5.74, 6) is 0.303. The molecule has 0 amide bonds. The van der Waals surface area contributed by atoms with Gasteiger partial charge in [-0.15, -0.1) is 0 Å². The van der Waals surface area contributed by atoms with E-state index in [2.05, 4.69) is 44.2 Å². The lowest BCUT2D eigenvalue weighted by atomic mass is 10.1. The first kappa shape index (κ1) is 21.4. The van der Waals surface area contributed by atoms with Crippen molar-refractivity contribution in [3.63, 3.8) is 0 Å². The van der Waals surface area contributed by atoms with Crippen LogP contribution in [0.4, 0.5) is 11.6 Å². The highest BCUT2D eigenvalue weighted by Gasteiger charge is 2.22. The third-order valence-corrected chi connectivity index (χ3v) is 6.43. The number of aromatic hydroxyl groups is 1. The van der Waals surface area contributed by atoms with Crippen LogP contribution in [0.1, 0.15) is 36.9 Å². The first-order valence-electron chi connectivity index (χ1n) is 11.9. The maximum Gasteiger partial charge on any atom is 0.326 e. The second kappa shape index (κ2) is 8.57. The highest BCUT2D eigenvalue weighted by molar-refractivity contribution is 5.58. The molecule has 3 N–H and O–H groups in total. The van der Waals surface area contributed by atoms with E-state index in [1.54, 1.807) is 16.8 Å². The van der Waals surface area contributed by atoms with E-state index in [1.807, 2.05) is 11.9 Å². The van der Waals surface area contributed by atoms with Crippen molar-refractivity contribution in [3.8, 4) is 5.88 Å². The standard InChI is InChI=1S/C24H27N9O2/c1-31(14-15-6-2-3-7-19(15)32-10-4-5-11-32)22-28-20-16(12-18-21(34)29-24(35)27-18)13-25-33(20)23(30-22)26-17-8-9-17/h2-3,6-7,12-13,17,34H,4-5,8-11,14H2,1H3,(H2,27,29,35). The van der Waals surface area contributed by atoms with Gasteiger partial charge in [0.2, 0.25) is 11.8 Å². The topological polar surface area (TPSA) is 131 Å². The van der Waals surface area contributed by atoms with Crippen molar-refractivity contribution >= 4 is 23.4 Å². The Bertz CT molecular complexity index is 1560. The predicted octanol–water partition coefficient (Wildman–Crippen LogP) is 0.694. The average molecular weight is 474 g/mol. The van der Waals surface area contributed by atoms with Gasteiger partial charge < -0.3 is 19.9 Å². The largest absolute Gasteiger partial charge is 0.493 e. The van der Waals surface area contributed by atoms with Crippen molar-refractivity contribution in [1.82, 2.24) is 29.5 Å². The minimum Gasteiger partial charge on any atom is -0.493 e. The second-order valence-corrected chi connectivity index (χ2v) is 9.18. The number of fused-ring (bicyclic) bond motifs is 1. The van der Waals surface area contributed by atoms with Crippen molar-refractivity contribution in [2.75, 3.05) is 29.9 Å². The van der Waals surface area contributed by atoms with Gasteiger partial charge >= 0.3 is 5.69 Å². The number of nitrogens with zero attached hydrogens (tertiary/aromatic N) is 7. The lowest BCUT2D eigenvalue weighted by Crippen LogP contribution is -2.29. The molecule has 3 aromatic heterocycles. The van der Waals surface area contributed by atoms with Crippen molar-refractivity contribution in [2.24, 2.45) is 4.99 Å². The minimum absolute atomic E-state index is 0.234. The Kier molecular flexibility index (Phi) is 5.24. The van der Waals surface area contributed by atoms with Gasteiger partial charge in [0.15, 0.2) is 5.65 Å². The van der Waals surface area contributed by atoms with Gasteiger partial charge in [0.05, 0.1) is 12.2 Å². The number of hydrogen-bond donors (Lipinski definition) is 3. The smallest absolute Gasteiger partial charge is 0.326 e. The van der Waals surface area contributed by atoms with Crippen LogP contribution in [-0.2, 0) is 6.54 Å². The van der Waals surface area contributed by atoms with E-state index in [4.69, 9.17) is 15.0 Å². The van der Waals surface area contributed by atoms with Gasteiger partial charge in [-0.05, 0) is 43.4 Å². The predicted molar refractivity (Wildman–Crippen MR) is 131 cm³/mol. The summed E-state index contributed by atoms with van der Waals surface area (Å²) < 4.78 is 1.61. The monoisotopic (exact) mass is 473 g/mol. The van der Waals surface area contributed by atoms with Gasteiger partial charge in [-0.3, -0.25) is 4.98 Å². The Hall–Kier alpha value is -4.15. The molecule has 1 aliphatic carbocycles. The van der Waals surface area contributed by atoms with E-state index < -0.39 is 5.69 Å². The van der Waals surface area contributed by atoms with Crippen LogP contribution in [-0.4, -0.2) is 60.8 Å². The van der Waals surface area contributed by atoms with E-state index >= 15 is 0 Å². The molecular weight excluding hydrogens is 446 g/mol. The molecule has 0 unspecified atom stereocenters. The van der Waals surface area contributed by atoms with Crippen LogP contribution >= 0.6 is 0 Å². The number of para-hydroxylation sites is 1. The van der Waals surface area contributed by atoms with E-state index in [0.29, 0.717) is 29.0 Å². The van der Waals surface area contributed by atoms with Gasteiger partial charge in [-0.25, -0.2) is 9.79 Å². The van der Waals surface area contributed by atoms with E-state index in [9.17, 15) is 9.90 Å². The molecule has 11 heteroatoms. The van der Waals surface area contributed by atoms with Gasteiger partial charge in [-0.2, -0.15) is 19.6 Å². The molecule has 4 aromatic rings. The number of anilines is 2. The number of hydrogen-bond acceptors (Lipinski definition) is 8.